The van der Waals surface area contributed by atoms with Crippen molar-refractivity contribution in [3.05, 3.63) is 23.8 Å². The van der Waals surface area contributed by atoms with Crippen molar-refractivity contribution >= 4 is 23.4 Å². The van der Waals surface area contributed by atoms with Crippen LogP contribution in [0.3, 0.4) is 0 Å². The van der Waals surface area contributed by atoms with E-state index in [1.54, 1.807) is 6.07 Å². The molecule has 5 heteroatoms. The van der Waals surface area contributed by atoms with E-state index in [9.17, 15) is 13.0 Å². The van der Waals surface area contributed by atoms with Crippen LogP contribution in [0.25, 0.3) is 0 Å². The maximum atomic E-state index is 11.9. The number of hydrogen-bond acceptors (Lipinski definition) is 2. The van der Waals surface area contributed by atoms with E-state index in [0.29, 0.717) is 0 Å². The highest BCUT2D eigenvalue weighted by Gasteiger charge is 2.36. The molecular formula is C17H30O3SSi. The molecule has 126 valence electrons. The lowest BCUT2D eigenvalue weighted by molar-refractivity contribution is 0.483. The molecule has 0 aliphatic heterocycles. The Morgan fingerprint density at radius 1 is 0.955 bits per heavy atom. The Morgan fingerprint density at radius 2 is 1.45 bits per heavy atom. The Kier molecular flexibility index (Phi) is 7.29. The SMILES string of the molecule is CCC[Si](CCC)(CCC)c1cc(CC)ccc1S(=O)(=O)O. The summed E-state index contributed by atoms with van der Waals surface area (Å²) < 4.78 is 33.5. The van der Waals surface area contributed by atoms with Gasteiger partial charge in [0.15, 0.2) is 0 Å². The molecule has 0 aromatic heterocycles. The maximum absolute atomic E-state index is 11.9. The molecule has 1 N–H and O–H groups in total. The first-order chi connectivity index (χ1) is 10.3. The first kappa shape index (κ1) is 19.4. The van der Waals surface area contributed by atoms with E-state index in [1.807, 2.05) is 6.07 Å². The van der Waals surface area contributed by atoms with Gasteiger partial charge in [-0.2, -0.15) is 8.42 Å². The smallest absolute Gasteiger partial charge is 0.282 e. The minimum absolute atomic E-state index is 0.159. The fourth-order valence-corrected chi connectivity index (χ4v) is 10.8. The summed E-state index contributed by atoms with van der Waals surface area (Å²) in [4.78, 5) is 0.159. The van der Waals surface area contributed by atoms with Crippen LogP contribution >= 0.6 is 0 Å². The van der Waals surface area contributed by atoms with Gasteiger partial charge in [0.1, 0.15) is 0 Å². The van der Waals surface area contributed by atoms with E-state index in [4.69, 9.17) is 0 Å². The van der Waals surface area contributed by atoms with Crippen molar-refractivity contribution in [3.8, 4) is 0 Å². The fraction of sp³-hybridized carbons (Fsp3) is 0.647. The molecule has 1 rings (SSSR count). The minimum Gasteiger partial charge on any atom is -0.282 e. The zero-order chi connectivity index (χ0) is 16.8. The predicted octanol–water partition coefficient (Wildman–Crippen LogP) is 4.38. The Hall–Kier alpha value is -0.653. The molecule has 0 fully saturated rings. The number of rotatable bonds is 9. The molecule has 0 amide bonds. The Morgan fingerprint density at radius 3 is 1.82 bits per heavy atom. The van der Waals surface area contributed by atoms with Gasteiger partial charge in [0.05, 0.1) is 13.0 Å². The lowest BCUT2D eigenvalue weighted by Crippen LogP contribution is -2.49. The Balaban J connectivity index is 3.62. The molecule has 22 heavy (non-hydrogen) atoms. The van der Waals surface area contributed by atoms with E-state index in [-0.39, 0.29) is 4.90 Å². The zero-order valence-corrected chi connectivity index (χ0v) is 16.2. The highest BCUT2D eigenvalue weighted by atomic mass is 32.2. The molecule has 0 bridgehead atoms. The zero-order valence-electron chi connectivity index (χ0n) is 14.4. The number of hydrogen-bond donors (Lipinski definition) is 1. The van der Waals surface area contributed by atoms with Gasteiger partial charge in [-0.3, -0.25) is 4.55 Å². The molecule has 0 aliphatic rings. The molecule has 0 unspecified atom stereocenters. The summed E-state index contributed by atoms with van der Waals surface area (Å²) >= 11 is 0. The Labute approximate surface area is 136 Å². The van der Waals surface area contributed by atoms with Crippen LogP contribution in [0.5, 0.6) is 0 Å². The lowest BCUT2D eigenvalue weighted by atomic mass is 10.2. The summed E-state index contributed by atoms with van der Waals surface area (Å²) in [5.74, 6) is 0. The average Bonchev–Trinajstić information content (AvgIpc) is 2.46. The van der Waals surface area contributed by atoms with Crippen LogP contribution in [0.2, 0.25) is 18.1 Å². The van der Waals surface area contributed by atoms with Crippen LogP contribution in [0.1, 0.15) is 52.5 Å². The van der Waals surface area contributed by atoms with Gasteiger partial charge < -0.3 is 0 Å². The van der Waals surface area contributed by atoms with Crippen LogP contribution < -0.4 is 5.19 Å². The standard InChI is InChI=1S/C17H30O3SSi/c1-5-11-22(12-6-2,13-7-3)17-14-15(8-4)9-10-16(17)21(18,19)20/h9-10,14H,5-8,11-13H2,1-4H3,(H,18,19,20). The summed E-state index contributed by atoms with van der Waals surface area (Å²) in [5, 5.41) is 0.958. The summed E-state index contributed by atoms with van der Waals surface area (Å²) in [7, 11) is -6.07. The second kappa shape index (κ2) is 8.27. The van der Waals surface area contributed by atoms with Crippen molar-refractivity contribution < 1.29 is 13.0 Å². The second-order valence-corrected chi connectivity index (χ2v) is 12.2. The third-order valence-electron chi connectivity index (χ3n) is 4.49. The van der Waals surface area contributed by atoms with Gasteiger partial charge in [0.2, 0.25) is 0 Å². The average molecular weight is 343 g/mol. The Bertz CT molecular complexity index is 565. The normalized spacial score (nSPS) is 12.6. The van der Waals surface area contributed by atoms with Gasteiger partial charge in [-0.15, -0.1) is 0 Å². The van der Waals surface area contributed by atoms with Crippen LogP contribution in [0.15, 0.2) is 23.1 Å². The molecule has 1 aromatic carbocycles. The third-order valence-corrected chi connectivity index (χ3v) is 11.5. The van der Waals surface area contributed by atoms with Gasteiger partial charge in [0.25, 0.3) is 10.1 Å². The van der Waals surface area contributed by atoms with Crippen molar-refractivity contribution in [2.24, 2.45) is 0 Å². The summed E-state index contributed by atoms with van der Waals surface area (Å²) in [6, 6.07) is 8.78. The van der Waals surface area contributed by atoms with E-state index in [1.165, 1.54) is 0 Å². The van der Waals surface area contributed by atoms with Gasteiger partial charge in [-0.25, -0.2) is 0 Å². The number of aryl methyl sites for hydroxylation is 1. The molecule has 0 spiro atoms. The fourth-order valence-electron chi connectivity index (χ4n) is 3.65. The van der Waals surface area contributed by atoms with Crippen molar-refractivity contribution in [1.82, 2.24) is 0 Å². The highest BCUT2D eigenvalue weighted by Crippen LogP contribution is 2.29. The minimum atomic E-state index is -4.16. The molecule has 0 atom stereocenters. The molecule has 3 nitrogen and oxygen atoms in total. The van der Waals surface area contributed by atoms with Gasteiger partial charge >= 0.3 is 0 Å². The molecule has 0 saturated heterocycles. The largest absolute Gasteiger partial charge is 0.294 e. The molecule has 0 radical (unpaired) electrons. The number of benzene rings is 1. The summed E-state index contributed by atoms with van der Waals surface area (Å²) in [5.41, 5.74) is 1.16. The molecule has 0 aliphatic carbocycles. The third kappa shape index (κ3) is 4.43. The summed E-state index contributed by atoms with van der Waals surface area (Å²) in [6.07, 6.45) is 4.07. The van der Waals surface area contributed by atoms with Crippen molar-refractivity contribution in [2.75, 3.05) is 0 Å². The lowest BCUT2D eigenvalue weighted by Gasteiger charge is -2.33. The maximum Gasteiger partial charge on any atom is 0.294 e. The van der Waals surface area contributed by atoms with Crippen molar-refractivity contribution in [1.29, 1.82) is 0 Å². The van der Waals surface area contributed by atoms with Gasteiger partial charge in [-0.05, 0) is 23.2 Å². The molecule has 0 saturated carbocycles. The van der Waals surface area contributed by atoms with E-state index >= 15 is 0 Å². The van der Waals surface area contributed by atoms with Crippen LogP contribution in [0, 0.1) is 0 Å². The van der Waals surface area contributed by atoms with E-state index in [0.717, 1.165) is 54.6 Å². The van der Waals surface area contributed by atoms with Crippen LogP contribution in [0.4, 0.5) is 0 Å². The van der Waals surface area contributed by atoms with Crippen molar-refractivity contribution in [2.45, 2.75) is 76.4 Å². The van der Waals surface area contributed by atoms with Crippen molar-refractivity contribution in [3.63, 3.8) is 0 Å². The van der Waals surface area contributed by atoms with E-state index < -0.39 is 18.2 Å². The first-order valence-electron chi connectivity index (χ1n) is 8.45. The van der Waals surface area contributed by atoms with Crippen LogP contribution in [-0.2, 0) is 16.5 Å². The quantitative estimate of drug-likeness (QED) is 0.535. The molecule has 1 aromatic rings. The van der Waals surface area contributed by atoms with E-state index in [2.05, 4.69) is 33.8 Å². The molecular weight excluding hydrogens is 312 g/mol. The second-order valence-electron chi connectivity index (χ2n) is 6.19. The van der Waals surface area contributed by atoms with Gasteiger partial charge in [0, 0.05) is 0 Å². The topological polar surface area (TPSA) is 54.4 Å². The summed E-state index contributed by atoms with van der Waals surface area (Å²) in [6.45, 7) is 8.59. The van der Waals surface area contributed by atoms with Gasteiger partial charge in [-0.1, -0.05) is 77.2 Å². The highest BCUT2D eigenvalue weighted by molar-refractivity contribution is 7.86. The van der Waals surface area contributed by atoms with Crippen LogP contribution in [-0.4, -0.2) is 21.0 Å². The first-order valence-corrected chi connectivity index (χ1v) is 12.5. The predicted molar refractivity (Wildman–Crippen MR) is 96.3 cm³/mol. The molecule has 0 heterocycles. The monoisotopic (exact) mass is 342 g/mol.